The quantitative estimate of drug-likeness (QED) is 0.653. The molecular formula is C22H19ClFN3O2. The number of benzene rings is 2. The van der Waals surface area contributed by atoms with Crippen LogP contribution in [0, 0.1) is 5.82 Å². The van der Waals surface area contributed by atoms with Crippen LogP contribution >= 0.6 is 11.6 Å². The van der Waals surface area contributed by atoms with Gasteiger partial charge in [0, 0.05) is 35.7 Å². The number of carbonyl (C=O) groups excluding carboxylic acids is 2. The fraction of sp³-hybridized carbons (Fsp3) is 0.182. The van der Waals surface area contributed by atoms with Crippen molar-refractivity contribution in [1.82, 2.24) is 9.47 Å². The van der Waals surface area contributed by atoms with Crippen LogP contribution in [-0.4, -0.2) is 27.8 Å². The predicted molar refractivity (Wildman–Crippen MR) is 109 cm³/mol. The zero-order valence-corrected chi connectivity index (χ0v) is 16.3. The van der Waals surface area contributed by atoms with E-state index < -0.39 is 5.91 Å². The van der Waals surface area contributed by atoms with E-state index in [1.54, 1.807) is 17.0 Å². The molecule has 7 heteroatoms. The van der Waals surface area contributed by atoms with Crippen LogP contribution in [0.25, 0.3) is 0 Å². The summed E-state index contributed by atoms with van der Waals surface area (Å²) < 4.78 is 15.1. The van der Waals surface area contributed by atoms with Gasteiger partial charge in [0.25, 0.3) is 0 Å². The van der Waals surface area contributed by atoms with Crippen molar-refractivity contribution in [2.75, 3.05) is 11.9 Å². The predicted octanol–water partition coefficient (Wildman–Crippen LogP) is 4.24. The van der Waals surface area contributed by atoms with E-state index in [-0.39, 0.29) is 24.2 Å². The van der Waals surface area contributed by atoms with E-state index >= 15 is 0 Å². The molecule has 0 spiro atoms. The number of nitrogens with one attached hydrogen (secondary N) is 1. The van der Waals surface area contributed by atoms with Crippen molar-refractivity contribution in [3.8, 4) is 0 Å². The Balaban J connectivity index is 1.53. The lowest BCUT2D eigenvalue weighted by Crippen LogP contribution is -2.43. The maximum Gasteiger partial charge on any atom is 0.233 e. The second-order valence-electron chi connectivity index (χ2n) is 6.90. The number of amides is 2. The summed E-state index contributed by atoms with van der Waals surface area (Å²) in [5, 5.41) is 3.26. The third-order valence-corrected chi connectivity index (χ3v) is 5.24. The van der Waals surface area contributed by atoms with E-state index in [0.717, 1.165) is 11.3 Å². The molecule has 2 heterocycles. The Kier molecular flexibility index (Phi) is 5.36. The average Bonchev–Trinajstić information content (AvgIpc) is 3.18. The minimum absolute atomic E-state index is 0.267. The van der Waals surface area contributed by atoms with Crippen molar-refractivity contribution in [3.63, 3.8) is 0 Å². The summed E-state index contributed by atoms with van der Waals surface area (Å²) in [6, 6.07) is 16.5. The molecule has 1 aromatic heterocycles. The van der Waals surface area contributed by atoms with Crippen LogP contribution in [0.5, 0.6) is 0 Å². The topological polar surface area (TPSA) is 54.3 Å². The molecule has 1 aliphatic rings. The molecule has 5 nitrogen and oxygen atoms in total. The first-order valence-corrected chi connectivity index (χ1v) is 9.64. The highest BCUT2D eigenvalue weighted by molar-refractivity contribution is 6.30. The number of rotatable bonds is 4. The second kappa shape index (κ2) is 8.09. The van der Waals surface area contributed by atoms with Gasteiger partial charge in [-0.3, -0.25) is 9.59 Å². The van der Waals surface area contributed by atoms with Gasteiger partial charge in [0.2, 0.25) is 11.8 Å². The SMILES string of the molecule is O=C(CC(=O)N1CCn2cccc2C1c1ccc(Cl)cc1)Nc1ccc(F)cc1. The minimum atomic E-state index is -0.433. The molecule has 0 fully saturated rings. The summed E-state index contributed by atoms with van der Waals surface area (Å²) in [7, 11) is 0. The molecule has 4 rings (SSSR count). The van der Waals surface area contributed by atoms with E-state index in [4.69, 9.17) is 11.6 Å². The van der Waals surface area contributed by atoms with Crippen LogP contribution in [-0.2, 0) is 16.1 Å². The molecule has 3 aromatic rings. The first-order chi connectivity index (χ1) is 14.0. The van der Waals surface area contributed by atoms with E-state index in [9.17, 15) is 14.0 Å². The van der Waals surface area contributed by atoms with Gasteiger partial charge in [-0.2, -0.15) is 0 Å². The lowest BCUT2D eigenvalue weighted by Gasteiger charge is -2.37. The number of fused-ring (bicyclic) bond motifs is 1. The largest absolute Gasteiger partial charge is 0.348 e. The van der Waals surface area contributed by atoms with Gasteiger partial charge in [-0.15, -0.1) is 0 Å². The highest BCUT2D eigenvalue weighted by Gasteiger charge is 2.32. The lowest BCUT2D eigenvalue weighted by molar-refractivity contribution is -0.136. The van der Waals surface area contributed by atoms with Crippen molar-refractivity contribution < 1.29 is 14.0 Å². The molecule has 148 valence electrons. The standard InChI is InChI=1S/C22H19ClFN3O2/c23-16-5-3-15(4-6-16)22-19-2-1-11-26(19)12-13-27(22)21(29)14-20(28)25-18-9-7-17(24)8-10-18/h1-11,22H,12-14H2,(H,25,28). The number of carbonyl (C=O) groups is 2. The first-order valence-electron chi connectivity index (χ1n) is 9.26. The monoisotopic (exact) mass is 411 g/mol. The fourth-order valence-corrected chi connectivity index (χ4v) is 3.75. The van der Waals surface area contributed by atoms with Crippen molar-refractivity contribution in [2.45, 2.75) is 19.0 Å². The fourth-order valence-electron chi connectivity index (χ4n) is 3.63. The summed E-state index contributed by atoms with van der Waals surface area (Å²) in [4.78, 5) is 27.1. The van der Waals surface area contributed by atoms with E-state index in [2.05, 4.69) is 9.88 Å². The van der Waals surface area contributed by atoms with E-state index in [1.165, 1.54) is 24.3 Å². The highest BCUT2D eigenvalue weighted by atomic mass is 35.5. The number of anilines is 1. The lowest BCUT2D eigenvalue weighted by atomic mass is 9.99. The summed E-state index contributed by atoms with van der Waals surface area (Å²) in [6.45, 7) is 1.16. The van der Waals surface area contributed by atoms with E-state index in [1.807, 2.05) is 30.5 Å². The van der Waals surface area contributed by atoms with Crippen LogP contribution < -0.4 is 5.32 Å². The van der Waals surface area contributed by atoms with Gasteiger partial charge in [0.15, 0.2) is 0 Å². The maximum atomic E-state index is 13.0. The maximum absolute atomic E-state index is 13.0. The number of aromatic nitrogens is 1. The molecule has 0 radical (unpaired) electrons. The molecule has 29 heavy (non-hydrogen) atoms. The molecule has 1 aliphatic heterocycles. The van der Waals surface area contributed by atoms with Crippen LogP contribution in [0.15, 0.2) is 66.9 Å². The third-order valence-electron chi connectivity index (χ3n) is 4.98. The number of halogens is 2. The Morgan fingerprint density at radius 3 is 2.48 bits per heavy atom. The molecule has 0 bridgehead atoms. The molecule has 1 atom stereocenters. The summed E-state index contributed by atoms with van der Waals surface area (Å²) >= 11 is 6.02. The molecule has 0 saturated heterocycles. The van der Waals surface area contributed by atoms with Gasteiger partial charge >= 0.3 is 0 Å². The Morgan fingerprint density at radius 1 is 1.03 bits per heavy atom. The molecule has 0 aliphatic carbocycles. The van der Waals surface area contributed by atoms with Crippen LogP contribution in [0.4, 0.5) is 10.1 Å². The number of nitrogens with zero attached hydrogens (tertiary/aromatic N) is 2. The van der Waals surface area contributed by atoms with Gasteiger partial charge in [-0.25, -0.2) is 4.39 Å². The highest BCUT2D eigenvalue weighted by Crippen LogP contribution is 2.33. The first kappa shape index (κ1) is 19.2. The summed E-state index contributed by atoms with van der Waals surface area (Å²) in [5.74, 6) is -1.09. The zero-order valence-electron chi connectivity index (χ0n) is 15.5. The van der Waals surface area contributed by atoms with Gasteiger partial charge in [0.05, 0.1) is 6.04 Å². The van der Waals surface area contributed by atoms with Gasteiger partial charge in [-0.05, 0) is 54.1 Å². The van der Waals surface area contributed by atoms with Crippen LogP contribution in [0.1, 0.15) is 23.7 Å². The van der Waals surface area contributed by atoms with Crippen molar-refractivity contribution in [1.29, 1.82) is 0 Å². The van der Waals surface area contributed by atoms with Crippen LogP contribution in [0.2, 0.25) is 5.02 Å². The average molecular weight is 412 g/mol. The third kappa shape index (κ3) is 4.17. The normalized spacial score (nSPS) is 15.7. The van der Waals surface area contributed by atoms with Gasteiger partial charge < -0.3 is 14.8 Å². The Labute approximate surface area is 172 Å². The molecule has 2 amide bonds. The Bertz CT molecular complexity index is 1030. The Morgan fingerprint density at radius 2 is 1.76 bits per heavy atom. The van der Waals surface area contributed by atoms with Crippen LogP contribution in [0.3, 0.4) is 0 Å². The number of hydrogen-bond donors (Lipinski definition) is 1. The van der Waals surface area contributed by atoms with Crippen molar-refractivity contribution in [3.05, 3.63) is 89.0 Å². The van der Waals surface area contributed by atoms with E-state index in [0.29, 0.717) is 23.8 Å². The van der Waals surface area contributed by atoms with Gasteiger partial charge in [0.1, 0.15) is 12.2 Å². The zero-order chi connectivity index (χ0) is 20.4. The summed E-state index contributed by atoms with van der Waals surface area (Å²) in [6.07, 6.45) is 1.70. The second-order valence-corrected chi connectivity index (χ2v) is 7.34. The smallest absolute Gasteiger partial charge is 0.233 e. The Hall–Kier alpha value is -3.12. The molecule has 1 unspecified atom stereocenters. The molecule has 1 N–H and O–H groups in total. The number of hydrogen-bond acceptors (Lipinski definition) is 2. The van der Waals surface area contributed by atoms with Crippen molar-refractivity contribution in [2.24, 2.45) is 0 Å². The van der Waals surface area contributed by atoms with Gasteiger partial charge in [-0.1, -0.05) is 23.7 Å². The minimum Gasteiger partial charge on any atom is -0.348 e. The molecule has 0 saturated carbocycles. The summed E-state index contributed by atoms with van der Waals surface area (Å²) in [5.41, 5.74) is 2.37. The van der Waals surface area contributed by atoms with Crippen molar-refractivity contribution >= 4 is 29.1 Å². The molecule has 2 aromatic carbocycles. The molecular weight excluding hydrogens is 393 g/mol.